The van der Waals surface area contributed by atoms with Crippen molar-refractivity contribution in [3.05, 3.63) is 29.8 Å². The van der Waals surface area contributed by atoms with Crippen molar-refractivity contribution in [1.82, 2.24) is 5.43 Å². The zero-order valence-corrected chi connectivity index (χ0v) is 8.93. The quantitative estimate of drug-likeness (QED) is 0.607. The second kappa shape index (κ2) is 5.39. The number of hydrogen-bond donors (Lipinski definition) is 2. The number of carbonyl (C=O) groups excluding carboxylic acids is 1. The minimum atomic E-state index is -0.767. The van der Waals surface area contributed by atoms with Crippen LogP contribution >= 0.6 is 0 Å². The van der Waals surface area contributed by atoms with Crippen LogP contribution in [0.3, 0.4) is 0 Å². The number of aliphatic imine (C=N–C) groups is 1. The molecule has 1 aliphatic rings. The van der Waals surface area contributed by atoms with Crippen LogP contribution in [0.2, 0.25) is 0 Å². The van der Waals surface area contributed by atoms with Gasteiger partial charge in [-0.1, -0.05) is 22.4 Å². The molecule has 0 bridgehead atoms. The summed E-state index contributed by atoms with van der Waals surface area (Å²) < 4.78 is 0. The van der Waals surface area contributed by atoms with Gasteiger partial charge in [0.1, 0.15) is 5.75 Å². The molecule has 0 saturated carbocycles. The summed E-state index contributed by atoms with van der Waals surface area (Å²) in [6, 6.07) is 5.77. The lowest BCUT2D eigenvalue weighted by atomic mass is 10.2. The fourth-order valence-electron chi connectivity index (χ4n) is 1.05. The molecule has 2 rings (SSSR count). The average Bonchev–Trinajstić information content (AvgIpc) is 2.84. The molecule has 9 heteroatoms. The molecule has 1 aromatic rings. The van der Waals surface area contributed by atoms with E-state index in [0.29, 0.717) is 5.56 Å². The number of benzene rings is 1. The maximum atomic E-state index is 11.2. The van der Waals surface area contributed by atoms with Crippen molar-refractivity contribution in [3.63, 3.8) is 0 Å². The molecular formula is C9H7N7O2. The number of aromatic hydroxyl groups is 1. The first-order valence-electron chi connectivity index (χ1n) is 4.77. The van der Waals surface area contributed by atoms with E-state index in [1.54, 1.807) is 18.2 Å². The third kappa shape index (κ3) is 3.01. The second-order valence-electron chi connectivity index (χ2n) is 3.02. The minimum Gasteiger partial charge on any atom is -0.507 e. The molecule has 1 aromatic carbocycles. The topological polar surface area (TPSA) is 123 Å². The fraction of sp³-hybridized carbons (Fsp3) is 0. The Morgan fingerprint density at radius 3 is 2.72 bits per heavy atom. The number of nitrogens with zero attached hydrogens (tertiary/aromatic N) is 6. The molecule has 0 saturated heterocycles. The molecule has 90 valence electrons. The molecule has 0 fully saturated rings. The number of carbonyl (C=O) groups is 1. The van der Waals surface area contributed by atoms with Gasteiger partial charge in [0, 0.05) is 5.56 Å². The van der Waals surface area contributed by atoms with E-state index < -0.39 is 6.03 Å². The average molecular weight is 245 g/mol. The van der Waals surface area contributed by atoms with Crippen LogP contribution in [-0.2, 0) is 0 Å². The van der Waals surface area contributed by atoms with E-state index >= 15 is 0 Å². The summed E-state index contributed by atoms with van der Waals surface area (Å²) in [6.07, 6.45) is 1.28. The highest BCUT2D eigenvalue weighted by Gasteiger charge is 2.04. The van der Waals surface area contributed by atoms with Crippen LogP contribution in [0.5, 0.6) is 5.75 Å². The van der Waals surface area contributed by atoms with Crippen molar-refractivity contribution in [2.45, 2.75) is 0 Å². The molecule has 18 heavy (non-hydrogen) atoms. The van der Waals surface area contributed by atoms with Crippen LogP contribution < -0.4 is 5.43 Å². The molecule has 0 radical (unpaired) electrons. The Labute approximate surface area is 101 Å². The van der Waals surface area contributed by atoms with Gasteiger partial charge in [-0.15, -0.1) is 0 Å². The Bertz CT molecular complexity index is 562. The first-order chi connectivity index (χ1) is 8.75. The van der Waals surface area contributed by atoms with E-state index in [9.17, 15) is 9.90 Å². The minimum absolute atomic E-state index is 0.0557. The van der Waals surface area contributed by atoms with Gasteiger partial charge in [0.25, 0.3) is 5.96 Å². The number of nitrogens with one attached hydrogen (secondary N) is 1. The van der Waals surface area contributed by atoms with Crippen LogP contribution in [0.4, 0.5) is 4.79 Å². The van der Waals surface area contributed by atoms with Gasteiger partial charge in [-0.25, -0.2) is 10.2 Å². The largest absolute Gasteiger partial charge is 0.507 e. The molecule has 2 N–H and O–H groups in total. The summed E-state index contributed by atoms with van der Waals surface area (Å²) in [4.78, 5) is 14.6. The van der Waals surface area contributed by atoms with Gasteiger partial charge >= 0.3 is 6.03 Å². The van der Waals surface area contributed by atoms with Crippen LogP contribution in [0.1, 0.15) is 5.56 Å². The first-order valence-corrected chi connectivity index (χ1v) is 4.77. The van der Waals surface area contributed by atoms with Crippen LogP contribution in [-0.4, -0.2) is 23.3 Å². The Hall–Kier alpha value is -2.97. The first kappa shape index (κ1) is 11.5. The van der Waals surface area contributed by atoms with Crippen molar-refractivity contribution >= 4 is 18.2 Å². The zero-order valence-electron chi connectivity index (χ0n) is 8.93. The summed E-state index contributed by atoms with van der Waals surface area (Å²) in [5.74, 6) is -0.0922. The second-order valence-corrected chi connectivity index (χ2v) is 3.02. The SMILES string of the molecule is O=C(N=C1N=NN=N1)N/N=C/c1ccccc1O. The maximum absolute atomic E-state index is 11.2. The predicted octanol–water partition coefficient (Wildman–Crippen LogP) is 1.62. The van der Waals surface area contributed by atoms with E-state index in [0.717, 1.165) is 0 Å². The molecule has 0 unspecified atom stereocenters. The highest BCUT2D eigenvalue weighted by atomic mass is 16.3. The number of guanidine groups is 1. The molecule has 9 nitrogen and oxygen atoms in total. The van der Waals surface area contributed by atoms with Crippen molar-refractivity contribution in [2.75, 3.05) is 0 Å². The third-order valence-electron chi connectivity index (χ3n) is 1.81. The standard InChI is InChI=1S/C9H7N7O2/c17-7-4-2-1-3-6(7)5-10-14-9(18)11-8-12-15-16-13-8/h1-5,17H,(H,14,18)/b10-5+. The van der Waals surface area contributed by atoms with Gasteiger partial charge in [-0.3, -0.25) is 0 Å². The van der Waals surface area contributed by atoms with Crippen molar-refractivity contribution in [2.24, 2.45) is 30.8 Å². The zero-order chi connectivity index (χ0) is 12.8. The monoisotopic (exact) mass is 245 g/mol. The molecular weight excluding hydrogens is 238 g/mol. The normalized spacial score (nSPS) is 13.2. The lowest BCUT2D eigenvalue weighted by Crippen LogP contribution is -2.14. The number of phenols is 1. The Morgan fingerprint density at radius 1 is 1.28 bits per heavy atom. The van der Waals surface area contributed by atoms with Gasteiger partial charge in [0.05, 0.1) is 6.21 Å². The number of phenolic OH excluding ortho intramolecular Hbond substituents is 1. The highest BCUT2D eigenvalue weighted by Crippen LogP contribution is 2.12. The van der Waals surface area contributed by atoms with E-state index in [1.807, 2.05) is 0 Å². The van der Waals surface area contributed by atoms with Gasteiger partial charge in [-0.05, 0) is 22.6 Å². The van der Waals surface area contributed by atoms with Crippen molar-refractivity contribution in [3.8, 4) is 5.75 Å². The summed E-state index contributed by atoms with van der Waals surface area (Å²) >= 11 is 0. The number of amides is 2. The number of hydrazone groups is 1. The number of urea groups is 1. The highest BCUT2D eigenvalue weighted by molar-refractivity contribution is 5.93. The molecule has 0 atom stereocenters. The Morgan fingerprint density at radius 2 is 2.00 bits per heavy atom. The number of para-hydroxylation sites is 1. The van der Waals surface area contributed by atoms with Crippen LogP contribution in [0, 0.1) is 0 Å². The van der Waals surface area contributed by atoms with E-state index in [1.165, 1.54) is 12.3 Å². The number of hydrogen-bond acceptors (Lipinski definition) is 5. The van der Waals surface area contributed by atoms with E-state index in [4.69, 9.17) is 0 Å². The van der Waals surface area contributed by atoms with E-state index in [2.05, 4.69) is 36.2 Å². The summed E-state index contributed by atoms with van der Waals surface area (Å²) in [6.45, 7) is 0. The molecule has 0 aromatic heterocycles. The van der Waals surface area contributed by atoms with Crippen LogP contribution in [0.15, 0.2) is 55.0 Å². The van der Waals surface area contributed by atoms with E-state index in [-0.39, 0.29) is 11.7 Å². The van der Waals surface area contributed by atoms with Gasteiger partial charge < -0.3 is 5.11 Å². The summed E-state index contributed by atoms with van der Waals surface area (Å²) in [5, 5.41) is 26.0. The lowest BCUT2D eigenvalue weighted by Gasteiger charge is -1.96. The van der Waals surface area contributed by atoms with Crippen molar-refractivity contribution < 1.29 is 9.90 Å². The lowest BCUT2D eigenvalue weighted by molar-refractivity contribution is 0.249. The smallest absolute Gasteiger partial charge is 0.364 e. The fourth-order valence-corrected chi connectivity index (χ4v) is 1.05. The van der Waals surface area contributed by atoms with Gasteiger partial charge in [0.2, 0.25) is 0 Å². The third-order valence-corrected chi connectivity index (χ3v) is 1.81. The molecule has 0 spiro atoms. The molecule has 2 amide bonds. The van der Waals surface area contributed by atoms with Crippen LogP contribution in [0.25, 0.3) is 0 Å². The van der Waals surface area contributed by atoms with Crippen molar-refractivity contribution in [1.29, 1.82) is 0 Å². The van der Waals surface area contributed by atoms with Gasteiger partial charge in [-0.2, -0.15) is 10.1 Å². The molecule has 1 aliphatic heterocycles. The summed E-state index contributed by atoms with van der Waals surface area (Å²) in [5.41, 5.74) is 2.58. The molecule has 0 aliphatic carbocycles. The molecule has 1 heterocycles. The Kier molecular flexibility index (Phi) is 3.45. The predicted molar refractivity (Wildman–Crippen MR) is 61.4 cm³/mol. The number of rotatable bonds is 2. The van der Waals surface area contributed by atoms with Gasteiger partial charge in [0.15, 0.2) is 0 Å². The maximum Gasteiger partial charge on any atom is 0.364 e. The summed E-state index contributed by atoms with van der Waals surface area (Å²) in [7, 11) is 0. The Balaban J connectivity index is 1.94.